The molecule has 2 aromatic rings. The minimum Gasteiger partial charge on any atom is -0.492 e. The number of nitrogens with one attached hydrogen (secondary N) is 1. The summed E-state index contributed by atoms with van der Waals surface area (Å²) in [6, 6.07) is 13.7. The molecule has 0 bridgehead atoms. The third-order valence-corrected chi connectivity index (χ3v) is 4.84. The first kappa shape index (κ1) is 19.2. The van der Waals surface area contributed by atoms with Gasteiger partial charge in [0.25, 0.3) is 0 Å². The van der Waals surface area contributed by atoms with Crippen LogP contribution in [0.2, 0.25) is 0 Å². The lowest BCUT2D eigenvalue weighted by molar-refractivity contribution is -0.120. The Balaban J connectivity index is 1.58. The van der Waals surface area contributed by atoms with Crippen LogP contribution in [-0.2, 0) is 4.79 Å². The van der Waals surface area contributed by atoms with Crippen molar-refractivity contribution in [3.63, 3.8) is 0 Å². The Kier molecular flexibility index (Phi) is 6.29. The summed E-state index contributed by atoms with van der Waals surface area (Å²) < 4.78 is 19.0. The van der Waals surface area contributed by atoms with Crippen LogP contribution >= 0.6 is 0 Å². The van der Waals surface area contributed by atoms with Gasteiger partial charge in [0, 0.05) is 31.9 Å². The topological polar surface area (TPSA) is 44.8 Å². The van der Waals surface area contributed by atoms with Crippen molar-refractivity contribution in [3.8, 4) is 5.75 Å². The van der Waals surface area contributed by atoms with Crippen molar-refractivity contribution in [2.75, 3.05) is 43.0 Å². The lowest BCUT2D eigenvalue weighted by Gasteiger charge is -2.39. The van der Waals surface area contributed by atoms with Gasteiger partial charge in [0.1, 0.15) is 11.6 Å². The van der Waals surface area contributed by atoms with Crippen LogP contribution in [0.1, 0.15) is 13.8 Å². The lowest BCUT2D eigenvalue weighted by Crippen LogP contribution is -2.52. The van der Waals surface area contributed by atoms with E-state index in [-0.39, 0.29) is 17.8 Å². The van der Waals surface area contributed by atoms with Crippen molar-refractivity contribution in [1.29, 1.82) is 0 Å². The van der Waals surface area contributed by atoms with Gasteiger partial charge in [-0.2, -0.15) is 0 Å². The van der Waals surface area contributed by atoms with Crippen LogP contribution in [0.15, 0.2) is 48.5 Å². The standard InChI is InChI=1S/C21H26FN3O2/c1-3-27-20-10-5-4-9-19(20)25-13-11-24(12-14-25)16(2)21(26)23-18-8-6-7-17(22)15-18/h4-10,15-16H,3,11-14H2,1-2H3,(H,23,26)/t16-/m0/s1. The van der Waals surface area contributed by atoms with E-state index in [0.717, 1.165) is 37.6 Å². The molecule has 144 valence electrons. The van der Waals surface area contributed by atoms with Crippen molar-refractivity contribution in [2.24, 2.45) is 0 Å². The Morgan fingerprint density at radius 1 is 1.15 bits per heavy atom. The average molecular weight is 371 g/mol. The van der Waals surface area contributed by atoms with E-state index in [1.165, 1.54) is 12.1 Å². The van der Waals surface area contributed by atoms with Crippen LogP contribution in [0.4, 0.5) is 15.8 Å². The van der Waals surface area contributed by atoms with Crippen LogP contribution in [0, 0.1) is 5.82 Å². The third-order valence-electron chi connectivity index (χ3n) is 4.84. The molecule has 0 saturated carbocycles. The number of piperazine rings is 1. The largest absolute Gasteiger partial charge is 0.492 e. The second-order valence-corrected chi connectivity index (χ2v) is 6.60. The van der Waals surface area contributed by atoms with E-state index >= 15 is 0 Å². The number of anilines is 2. The molecule has 0 aromatic heterocycles. The molecule has 1 saturated heterocycles. The lowest BCUT2D eigenvalue weighted by atomic mass is 10.2. The molecule has 1 N–H and O–H groups in total. The summed E-state index contributed by atoms with van der Waals surface area (Å²) in [5.74, 6) is 0.413. The number of hydrogen-bond donors (Lipinski definition) is 1. The molecule has 1 aliphatic heterocycles. The fourth-order valence-corrected chi connectivity index (χ4v) is 3.32. The van der Waals surface area contributed by atoms with Crippen molar-refractivity contribution in [2.45, 2.75) is 19.9 Å². The molecule has 1 fully saturated rings. The van der Waals surface area contributed by atoms with Crippen molar-refractivity contribution < 1.29 is 13.9 Å². The highest BCUT2D eigenvalue weighted by Gasteiger charge is 2.26. The highest BCUT2D eigenvalue weighted by atomic mass is 19.1. The maximum absolute atomic E-state index is 13.3. The molecule has 6 heteroatoms. The van der Waals surface area contributed by atoms with Crippen molar-refractivity contribution in [3.05, 3.63) is 54.3 Å². The Morgan fingerprint density at radius 2 is 1.89 bits per heavy atom. The summed E-state index contributed by atoms with van der Waals surface area (Å²) >= 11 is 0. The number of carbonyl (C=O) groups is 1. The molecule has 3 rings (SSSR count). The number of benzene rings is 2. The van der Waals surface area contributed by atoms with Gasteiger partial charge in [0.05, 0.1) is 18.3 Å². The number of nitrogens with zero attached hydrogens (tertiary/aromatic N) is 2. The summed E-state index contributed by atoms with van der Waals surface area (Å²) in [4.78, 5) is 16.9. The highest BCUT2D eigenvalue weighted by Crippen LogP contribution is 2.29. The summed E-state index contributed by atoms with van der Waals surface area (Å²) in [6.45, 7) is 7.69. The van der Waals surface area contributed by atoms with Gasteiger partial charge in [0.2, 0.25) is 5.91 Å². The molecule has 1 atom stereocenters. The zero-order chi connectivity index (χ0) is 19.2. The Morgan fingerprint density at radius 3 is 2.59 bits per heavy atom. The quantitative estimate of drug-likeness (QED) is 0.846. The Bertz CT molecular complexity index is 776. The van der Waals surface area contributed by atoms with Gasteiger partial charge in [-0.1, -0.05) is 18.2 Å². The number of ether oxygens (including phenoxy) is 1. The fourth-order valence-electron chi connectivity index (χ4n) is 3.32. The van der Waals surface area contributed by atoms with Crippen LogP contribution in [0.25, 0.3) is 0 Å². The first-order valence-corrected chi connectivity index (χ1v) is 9.35. The molecule has 2 aromatic carbocycles. The molecule has 5 nitrogen and oxygen atoms in total. The highest BCUT2D eigenvalue weighted by molar-refractivity contribution is 5.94. The van der Waals surface area contributed by atoms with E-state index in [9.17, 15) is 9.18 Å². The first-order valence-electron chi connectivity index (χ1n) is 9.35. The minimum atomic E-state index is -0.359. The van der Waals surface area contributed by atoms with E-state index in [1.54, 1.807) is 12.1 Å². The molecule has 27 heavy (non-hydrogen) atoms. The van der Waals surface area contributed by atoms with Crippen LogP contribution < -0.4 is 15.0 Å². The fraction of sp³-hybridized carbons (Fsp3) is 0.381. The van der Waals surface area contributed by atoms with E-state index in [1.807, 2.05) is 32.0 Å². The Hall–Kier alpha value is -2.60. The van der Waals surface area contributed by atoms with E-state index in [4.69, 9.17) is 4.74 Å². The van der Waals surface area contributed by atoms with Crippen molar-refractivity contribution in [1.82, 2.24) is 4.90 Å². The van der Waals surface area contributed by atoms with Gasteiger partial charge in [-0.15, -0.1) is 0 Å². The van der Waals surface area contributed by atoms with Gasteiger partial charge in [-0.3, -0.25) is 9.69 Å². The summed E-state index contributed by atoms with van der Waals surface area (Å²) in [6.07, 6.45) is 0. The normalized spacial score (nSPS) is 16.0. The first-order chi connectivity index (χ1) is 13.1. The van der Waals surface area contributed by atoms with Gasteiger partial charge in [-0.05, 0) is 44.2 Å². The smallest absolute Gasteiger partial charge is 0.241 e. The number of carbonyl (C=O) groups excluding carboxylic acids is 1. The molecule has 1 heterocycles. The van der Waals surface area contributed by atoms with E-state index in [0.29, 0.717) is 12.3 Å². The summed E-state index contributed by atoms with van der Waals surface area (Å²) in [5, 5.41) is 2.79. The average Bonchev–Trinajstić information content (AvgIpc) is 2.68. The second-order valence-electron chi connectivity index (χ2n) is 6.60. The van der Waals surface area contributed by atoms with Crippen LogP contribution in [0.3, 0.4) is 0 Å². The molecule has 1 aliphatic rings. The SMILES string of the molecule is CCOc1ccccc1N1CCN([C@@H](C)C(=O)Nc2cccc(F)c2)CC1. The molecule has 1 amide bonds. The summed E-state index contributed by atoms with van der Waals surface area (Å²) in [7, 11) is 0. The van der Waals surface area contributed by atoms with Crippen molar-refractivity contribution >= 4 is 17.3 Å². The Labute approximate surface area is 159 Å². The molecule has 0 radical (unpaired) electrons. The molecular weight excluding hydrogens is 345 g/mol. The monoisotopic (exact) mass is 371 g/mol. The molecule has 0 unspecified atom stereocenters. The number of para-hydroxylation sites is 2. The number of amides is 1. The number of rotatable bonds is 6. The zero-order valence-corrected chi connectivity index (χ0v) is 15.8. The maximum Gasteiger partial charge on any atom is 0.241 e. The molecule has 0 aliphatic carbocycles. The van der Waals surface area contributed by atoms with E-state index < -0.39 is 0 Å². The van der Waals surface area contributed by atoms with Crippen LogP contribution in [0.5, 0.6) is 5.75 Å². The zero-order valence-electron chi connectivity index (χ0n) is 15.8. The van der Waals surface area contributed by atoms with Gasteiger partial charge in [0.15, 0.2) is 0 Å². The van der Waals surface area contributed by atoms with E-state index in [2.05, 4.69) is 21.2 Å². The predicted molar refractivity (Wildman–Crippen MR) is 106 cm³/mol. The van der Waals surface area contributed by atoms with Gasteiger partial charge < -0.3 is 15.0 Å². The third kappa shape index (κ3) is 4.77. The maximum atomic E-state index is 13.3. The van der Waals surface area contributed by atoms with Gasteiger partial charge >= 0.3 is 0 Å². The summed E-state index contributed by atoms with van der Waals surface area (Å²) in [5.41, 5.74) is 1.58. The second kappa shape index (κ2) is 8.86. The van der Waals surface area contributed by atoms with Crippen LogP contribution in [-0.4, -0.2) is 49.6 Å². The molecular formula is C21H26FN3O2. The predicted octanol–water partition coefficient (Wildman–Crippen LogP) is 3.37. The number of halogens is 1. The minimum absolute atomic E-state index is 0.122. The number of hydrogen-bond acceptors (Lipinski definition) is 4. The van der Waals surface area contributed by atoms with Gasteiger partial charge in [-0.25, -0.2) is 4.39 Å². The molecule has 0 spiro atoms.